The number of aliphatic imine (C=N–C) groups is 1. The molecule has 0 atom stereocenters. The van der Waals surface area contributed by atoms with Gasteiger partial charge in [-0.25, -0.2) is 4.99 Å². The number of methoxy groups -OCH3 is 1. The van der Waals surface area contributed by atoms with Crippen molar-refractivity contribution >= 4 is 34.6 Å². The second-order valence-corrected chi connectivity index (χ2v) is 8.49. The number of thioether (sulfide) groups is 1. The fourth-order valence-electron chi connectivity index (χ4n) is 3.41. The number of carbonyl (C=O) groups excluding carboxylic acids is 1. The first-order valence-corrected chi connectivity index (χ1v) is 11.7. The highest BCUT2D eigenvalue weighted by atomic mass is 32.2. The molecule has 3 aromatic rings. The Balaban J connectivity index is 1.56. The Morgan fingerprint density at radius 3 is 2.39 bits per heavy atom. The van der Waals surface area contributed by atoms with Crippen molar-refractivity contribution < 1.29 is 14.3 Å². The lowest BCUT2D eigenvalue weighted by Gasteiger charge is -2.14. The maximum absolute atomic E-state index is 13.1. The van der Waals surface area contributed by atoms with Gasteiger partial charge in [0, 0.05) is 6.54 Å². The van der Waals surface area contributed by atoms with Crippen molar-refractivity contribution in [3.63, 3.8) is 0 Å². The van der Waals surface area contributed by atoms with Crippen LogP contribution < -0.4 is 9.47 Å². The number of nitrogens with zero attached hydrogens (tertiary/aromatic N) is 2. The van der Waals surface area contributed by atoms with E-state index in [1.54, 1.807) is 12.0 Å². The molecule has 0 aromatic heterocycles. The van der Waals surface area contributed by atoms with Crippen molar-refractivity contribution in [2.45, 2.75) is 20.0 Å². The van der Waals surface area contributed by atoms with Crippen molar-refractivity contribution in [2.24, 2.45) is 4.99 Å². The number of amidine groups is 1. The molecular weight excluding hydrogens is 432 g/mol. The van der Waals surface area contributed by atoms with E-state index in [2.05, 4.69) is 6.92 Å². The van der Waals surface area contributed by atoms with E-state index in [1.165, 1.54) is 11.8 Å². The molecule has 0 bridgehead atoms. The smallest absolute Gasteiger partial charge is 0.266 e. The first kappa shape index (κ1) is 22.7. The molecule has 0 spiro atoms. The predicted molar refractivity (Wildman–Crippen MR) is 135 cm³/mol. The van der Waals surface area contributed by atoms with Crippen LogP contribution in [0.25, 0.3) is 6.08 Å². The molecular formula is C27H26N2O3S. The zero-order chi connectivity index (χ0) is 23.0. The number of benzene rings is 3. The molecule has 5 nitrogen and oxygen atoms in total. The topological polar surface area (TPSA) is 51.1 Å². The lowest BCUT2D eigenvalue weighted by Crippen LogP contribution is -2.29. The van der Waals surface area contributed by atoms with Gasteiger partial charge in [0.15, 0.2) is 16.7 Å². The lowest BCUT2D eigenvalue weighted by molar-refractivity contribution is -0.122. The van der Waals surface area contributed by atoms with Gasteiger partial charge in [0.05, 0.1) is 17.7 Å². The summed E-state index contributed by atoms with van der Waals surface area (Å²) in [5.41, 5.74) is 2.78. The van der Waals surface area contributed by atoms with Crippen LogP contribution in [0, 0.1) is 0 Å². The SMILES string of the molecule is CCCN1C(=O)/C(=C\c2ccc(OCc3ccccc3)c(OC)c2)SC1=Nc1ccccc1. The first-order valence-electron chi connectivity index (χ1n) is 10.9. The Kier molecular flexibility index (Phi) is 7.47. The molecule has 168 valence electrons. The summed E-state index contributed by atoms with van der Waals surface area (Å²) in [6.07, 6.45) is 2.74. The van der Waals surface area contributed by atoms with Crippen molar-refractivity contribution in [2.75, 3.05) is 13.7 Å². The van der Waals surface area contributed by atoms with E-state index in [1.807, 2.05) is 84.9 Å². The summed E-state index contributed by atoms with van der Waals surface area (Å²) in [6, 6.07) is 25.4. The molecule has 3 aromatic carbocycles. The number of hydrogen-bond acceptors (Lipinski definition) is 5. The summed E-state index contributed by atoms with van der Waals surface area (Å²) < 4.78 is 11.5. The highest BCUT2D eigenvalue weighted by Crippen LogP contribution is 2.36. The van der Waals surface area contributed by atoms with Crippen molar-refractivity contribution in [1.82, 2.24) is 4.90 Å². The first-order chi connectivity index (χ1) is 16.2. The fourth-order valence-corrected chi connectivity index (χ4v) is 4.43. The summed E-state index contributed by atoms with van der Waals surface area (Å²) in [4.78, 5) is 20.2. The van der Waals surface area contributed by atoms with E-state index in [9.17, 15) is 4.79 Å². The summed E-state index contributed by atoms with van der Waals surface area (Å²) in [5, 5.41) is 0.703. The quantitative estimate of drug-likeness (QED) is 0.372. The number of hydrogen-bond donors (Lipinski definition) is 0. The minimum absolute atomic E-state index is 0.0279. The highest BCUT2D eigenvalue weighted by Gasteiger charge is 2.32. The second-order valence-electron chi connectivity index (χ2n) is 7.48. The van der Waals surface area contributed by atoms with Crippen LogP contribution in [0.15, 0.2) is 88.8 Å². The second kappa shape index (κ2) is 10.9. The summed E-state index contributed by atoms with van der Waals surface area (Å²) in [5.74, 6) is 1.26. The van der Waals surface area contributed by atoms with Crippen molar-refractivity contribution in [1.29, 1.82) is 0 Å². The maximum Gasteiger partial charge on any atom is 0.266 e. The molecule has 1 amide bonds. The molecule has 4 rings (SSSR count). The largest absolute Gasteiger partial charge is 0.493 e. The van der Waals surface area contributed by atoms with E-state index < -0.39 is 0 Å². The van der Waals surface area contributed by atoms with E-state index in [0.29, 0.717) is 34.7 Å². The average molecular weight is 459 g/mol. The molecule has 1 saturated heterocycles. The Morgan fingerprint density at radius 1 is 0.970 bits per heavy atom. The third kappa shape index (κ3) is 5.65. The standard InChI is InChI=1S/C27H26N2O3S/c1-3-16-29-26(30)25(33-27(29)28-22-12-8-5-9-13-22)18-21-14-15-23(24(17-21)31-2)32-19-20-10-6-4-7-11-20/h4-15,17-18H,3,16,19H2,1-2H3/b25-18+,28-27?. The van der Waals surface area contributed by atoms with Gasteiger partial charge in [0.25, 0.3) is 5.91 Å². The maximum atomic E-state index is 13.1. The number of rotatable bonds is 8. The zero-order valence-corrected chi connectivity index (χ0v) is 19.5. The van der Waals surface area contributed by atoms with Crippen LogP contribution in [0.3, 0.4) is 0 Å². The number of ether oxygens (including phenoxy) is 2. The lowest BCUT2D eigenvalue weighted by atomic mass is 10.1. The molecule has 0 saturated carbocycles. The molecule has 33 heavy (non-hydrogen) atoms. The highest BCUT2D eigenvalue weighted by molar-refractivity contribution is 8.18. The van der Waals surface area contributed by atoms with Crippen LogP contribution >= 0.6 is 11.8 Å². The molecule has 0 aliphatic carbocycles. The van der Waals surface area contributed by atoms with Crippen LogP contribution in [-0.2, 0) is 11.4 Å². The zero-order valence-electron chi connectivity index (χ0n) is 18.7. The number of amides is 1. The summed E-state index contributed by atoms with van der Waals surface area (Å²) in [6.45, 7) is 3.14. The van der Waals surface area contributed by atoms with Gasteiger partial charge in [-0.2, -0.15) is 0 Å². The minimum atomic E-state index is -0.0279. The fraction of sp³-hybridized carbons (Fsp3) is 0.185. The van der Waals surface area contributed by atoms with E-state index in [0.717, 1.165) is 23.2 Å². The summed E-state index contributed by atoms with van der Waals surface area (Å²) >= 11 is 1.40. The van der Waals surface area contributed by atoms with Gasteiger partial charge in [-0.1, -0.05) is 61.5 Å². The van der Waals surface area contributed by atoms with Crippen LogP contribution in [0.4, 0.5) is 5.69 Å². The van der Waals surface area contributed by atoms with Gasteiger partial charge in [-0.3, -0.25) is 9.69 Å². The Hall–Kier alpha value is -3.51. The van der Waals surface area contributed by atoms with Gasteiger partial charge in [0.2, 0.25) is 0 Å². The molecule has 6 heteroatoms. The molecule has 0 N–H and O–H groups in total. The number of para-hydroxylation sites is 1. The average Bonchev–Trinajstić information content (AvgIpc) is 3.13. The summed E-state index contributed by atoms with van der Waals surface area (Å²) in [7, 11) is 1.62. The van der Waals surface area contributed by atoms with E-state index >= 15 is 0 Å². The van der Waals surface area contributed by atoms with Crippen LogP contribution in [0.5, 0.6) is 11.5 Å². The molecule has 0 radical (unpaired) electrons. The van der Waals surface area contributed by atoms with Gasteiger partial charge in [-0.05, 0) is 59.7 Å². The molecule has 0 unspecified atom stereocenters. The molecule has 1 aliphatic heterocycles. The minimum Gasteiger partial charge on any atom is -0.493 e. The molecule has 1 heterocycles. The van der Waals surface area contributed by atoms with Crippen molar-refractivity contribution in [3.8, 4) is 11.5 Å². The van der Waals surface area contributed by atoms with Gasteiger partial charge < -0.3 is 9.47 Å². The van der Waals surface area contributed by atoms with Gasteiger partial charge in [0.1, 0.15) is 6.61 Å². The molecule has 1 fully saturated rings. The van der Waals surface area contributed by atoms with E-state index in [4.69, 9.17) is 14.5 Å². The van der Waals surface area contributed by atoms with Gasteiger partial charge in [-0.15, -0.1) is 0 Å². The monoisotopic (exact) mass is 458 g/mol. The van der Waals surface area contributed by atoms with Gasteiger partial charge >= 0.3 is 0 Å². The predicted octanol–water partition coefficient (Wildman–Crippen LogP) is 6.29. The van der Waals surface area contributed by atoms with Crippen molar-refractivity contribution in [3.05, 3.63) is 94.9 Å². The van der Waals surface area contributed by atoms with Crippen LogP contribution in [0.2, 0.25) is 0 Å². The molecule has 1 aliphatic rings. The van der Waals surface area contributed by atoms with Crippen LogP contribution in [0.1, 0.15) is 24.5 Å². The Labute approximate surface area is 198 Å². The third-order valence-electron chi connectivity index (χ3n) is 5.04. The Morgan fingerprint density at radius 2 is 1.70 bits per heavy atom. The Bertz CT molecular complexity index is 1160. The third-order valence-corrected chi connectivity index (χ3v) is 6.05. The number of carbonyl (C=O) groups is 1. The normalized spacial score (nSPS) is 15.9. The van der Waals surface area contributed by atoms with E-state index in [-0.39, 0.29) is 5.91 Å². The van der Waals surface area contributed by atoms with Crippen LogP contribution in [-0.4, -0.2) is 29.6 Å².